The monoisotopic (exact) mass is 422 g/mol. The quantitative estimate of drug-likeness (QED) is 0.500. The SMILES string of the molecule is C=C(C)C1COc2c(C)cc(O)c(C(=O)c3c(O)ccc4c3OC(C)(C)C=C4)c2C1O. The van der Waals surface area contributed by atoms with Crippen LogP contribution in [0.15, 0.2) is 36.4 Å². The summed E-state index contributed by atoms with van der Waals surface area (Å²) in [5.41, 5.74) is 1.27. The number of ether oxygens (including phenoxy) is 2. The Morgan fingerprint density at radius 1 is 1.16 bits per heavy atom. The topological polar surface area (TPSA) is 96.2 Å². The zero-order valence-corrected chi connectivity index (χ0v) is 18.0. The number of phenolic OH excluding ortho intramolecular Hbond substituents is 2. The molecule has 2 aromatic carbocycles. The number of aryl methyl sites for hydroxylation is 1. The van der Waals surface area contributed by atoms with Crippen molar-refractivity contribution >= 4 is 11.9 Å². The molecule has 2 aliphatic rings. The van der Waals surface area contributed by atoms with E-state index in [1.54, 1.807) is 19.9 Å². The molecule has 2 heterocycles. The van der Waals surface area contributed by atoms with Gasteiger partial charge < -0.3 is 24.8 Å². The smallest absolute Gasteiger partial charge is 0.204 e. The minimum Gasteiger partial charge on any atom is -0.507 e. The van der Waals surface area contributed by atoms with E-state index in [-0.39, 0.29) is 40.5 Å². The van der Waals surface area contributed by atoms with Crippen LogP contribution >= 0.6 is 0 Å². The van der Waals surface area contributed by atoms with Crippen LogP contribution in [-0.2, 0) is 0 Å². The molecule has 0 spiro atoms. The molecule has 0 saturated heterocycles. The van der Waals surface area contributed by atoms with Crippen molar-refractivity contribution in [3.8, 4) is 23.0 Å². The average Bonchev–Trinajstić information content (AvgIpc) is 2.67. The molecule has 0 fully saturated rings. The molecule has 0 aromatic heterocycles. The molecule has 3 N–H and O–H groups in total. The molecule has 0 saturated carbocycles. The third-order valence-electron chi connectivity index (χ3n) is 5.85. The summed E-state index contributed by atoms with van der Waals surface area (Å²) in [7, 11) is 0. The molecular weight excluding hydrogens is 396 g/mol. The van der Waals surface area contributed by atoms with Crippen molar-refractivity contribution in [1.29, 1.82) is 0 Å². The average molecular weight is 422 g/mol. The summed E-state index contributed by atoms with van der Waals surface area (Å²) in [5, 5.41) is 32.5. The van der Waals surface area contributed by atoms with E-state index in [9.17, 15) is 20.1 Å². The lowest BCUT2D eigenvalue weighted by atomic mass is 9.82. The van der Waals surface area contributed by atoms with Gasteiger partial charge in [0.15, 0.2) is 0 Å². The number of carbonyl (C=O) groups excluding carboxylic acids is 1. The van der Waals surface area contributed by atoms with Crippen molar-refractivity contribution in [2.24, 2.45) is 5.92 Å². The summed E-state index contributed by atoms with van der Waals surface area (Å²) >= 11 is 0. The van der Waals surface area contributed by atoms with Gasteiger partial charge in [-0.05, 0) is 57.5 Å². The van der Waals surface area contributed by atoms with E-state index >= 15 is 0 Å². The Morgan fingerprint density at radius 3 is 2.55 bits per heavy atom. The number of fused-ring (bicyclic) bond motifs is 2. The van der Waals surface area contributed by atoms with Gasteiger partial charge in [-0.15, -0.1) is 0 Å². The highest BCUT2D eigenvalue weighted by Crippen LogP contribution is 2.47. The Bertz CT molecular complexity index is 1140. The van der Waals surface area contributed by atoms with Crippen LogP contribution in [-0.4, -0.2) is 33.3 Å². The number of aliphatic hydroxyl groups excluding tert-OH is 1. The second-order valence-electron chi connectivity index (χ2n) is 8.79. The molecule has 0 aliphatic carbocycles. The maximum Gasteiger partial charge on any atom is 0.204 e. The number of phenols is 2. The number of hydrogen-bond acceptors (Lipinski definition) is 6. The number of ketones is 1. The number of carbonyl (C=O) groups is 1. The van der Waals surface area contributed by atoms with Crippen molar-refractivity contribution in [3.05, 3.63) is 64.2 Å². The lowest BCUT2D eigenvalue weighted by molar-refractivity contribution is 0.0663. The highest BCUT2D eigenvalue weighted by atomic mass is 16.5. The fourth-order valence-corrected chi connectivity index (χ4v) is 4.16. The molecule has 4 rings (SSSR count). The van der Waals surface area contributed by atoms with Crippen LogP contribution in [0.4, 0.5) is 0 Å². The number of hydrogen-bond donors (Lipinski definition) is 3. The van der Waals surface area contributed by atoms with Crippen LogP contribution in [0.1, 0.15) is 59.5 Å². The highest BCUT2D eigenvalue weighted by Gasteiger charge is 2.38. The molecule has 2 atom stereocenters. The fraction of sp³-hybridized carbons (Fsp3) is 0.320. The standard InChI is InChI=1S/C25H26O6/c1-12(2)15-11-30-23-13(3)10-17(27)18(20(23)21(15)28)22(29)19-16(26)7-6-14-8-9-25(4,5)31-24(14)19/h6-10,15,21,26-28H,1,11H2,2-5H3. The van der Waals surface area contributed by atoms with Gasteiger partial charge in [-0.2, -0.15) is 0 Å². The van der Waals surface area contributed by atoms with E-state index in [1.807, 2.05) is 26.0 Å². The number of aromatic hydroxyl groups is 2. The second-order valence-corrected chi connectivity index (χ2v) is 8.79. The summed E-state index contributed by atoms with van der Waals surface area (Å²) in [4.78, 5) is 13.8. The Hall–Kier alpha value is -3.25. The van der Waals surface area contributed by atoms with Gasteiger partial charge in [-0.1, -0.05) is 18.2 Å². The minimum absolute atomic E-state index is 0.0686. The van der Waals surface area contributed by atoms with Crippen molar-refractivity contribution in [2.75, 3.05) is 6.61 Å². The van der Waals surface area contributed by atoms with Gasteiger partial charge in [-0.3, -0.25) is 4.79 Å². The lowest BCUT2D eigenvalue weighted by Crippen LogP contribution is -2.30. The predicted octanol–water partition coefficient (Wildman–Crippen LogP) is 4.44. The van der Waals surface area contributed by atoms with E-state index in [2.05, 4.69) is 6.58 Å². The van der Waals surface area contributed by atoms with E-state index < -0.39 is 23.4 Å². The minimum atomic E-state index is -1.09. The third-order valence-corrected chi connectivity index (χ3v) is 5.85. The Labute approximate surface area is 181 Å². The Morgan fingerprint density at radius 2 is 1.87 bits per heavy atom. The molecular formula is C25H26O6. The second kappa shape index (κ2) is 7.17. The molecule has 6 nitrogen and oxygen atoms in total. The summed E-state index contributed by atoms with van der Waals surface area (Å²) < 4.78 is 11.9. The maximum absolute atomic E-state index is 13.8. The zero-order valence-electron chi connectivity index (χ0n) is 18.0. The summed E-state index contributed by atoms with van der Waals surface area (Å²) in [6, 6.07) is 4.50. The van der Waals surface area contributed by atoms with Crippen LogP contribution in [0.5, 0.6) is 23.0 Å². The molecule has 31 heavy (non-hydrogen) atoms. The van der Waals surface area contributed by atoms with Crippen molar-refractivity contribution < 1.29 is 29.6 Å². The van der Waals surface area contributed by atoms with Crippen molar-refractivity contribution in [2.45, 2.75) is 39.4 Å². The van der Waals surface area contributed by atoms with Crippen molar-refractivity contribution in [3.63, 3.8) is 0 Å². The summed E-state index contributed by atoms with van der Waals surface area (Å²) in [6.07, 6.45) is 2.60. The number of rotatable bonds is 3. The first-order valence-electron chi connectivity index (χ1n) is 10.1. The summed E-state index contributed by atoms with van der Waals surface area (Å²) in [5.74, 6) is -1.07. The molecule has 2 aromatic rings. The van der Waals surface area contributed by atoms with Gasteiger partial charge in [0, 0.05) is 17.0 Å². The molecule has 2 unspecified atom stereocenters. The molecule has 0 radical (unpaired) electrons. The van der Waals surface area contributed by atoms with E-state index in [1.165, 1.54) is 12.1 Å². The van der Waals surface area contributed by atoms with Gasteiger partial charge in [-0.25, -0.2) is 0 Å². The van der Waals surface area contributed by atoms with E-state index in [0.717, 1.165) is 0 Å². The van der Waals surface area contributed by atoms with Crippen LogP contribution in [0.25, 0.3) is 6.08 Å². The number of aliphatic hydroxyl groups is 1. The Kier molecular flexibility index (Phi) is 4.85. The van der Waals surface area contributed by atoms with Crippen LogP contribution in [0, 0.1) is 12.8 Å². The van der Waals surface area contributed by atoms with Crippen molar-refractivity contribution in [1.82, 2.24) is 0 Å². The lowest BCUT2D eigenvalue weighted by Gasteiger charge is -2.34. The first-order chi connectivity index (χ1) is 14.5. The van der Waals surface area contributed by atoms with Gasteiger partial charge in [0.2, 0.25) is 5.78 Å². The fourth-order valence-electron chi connectivity index (χ4n) is 4.16. The Balaban J connectivity index is 1.95. The highest BCUT2D eigenvalue weighted by molar-refractivity contribution is 6.16. The van der Waals surface area contributed by atoms with Gasteiger partial charge >= 0.3 is 0 Å². The van der Waals surface area contributed by atoms with Crippen LogP contribution in [0.2, 0.25) is 0 Å². The molecule has 2 aliphatic heterocycles. The molecule has 0 amide bonds. The first kappa shape index (κ1) is 21.0. The van der Waals surface area contributed by atoms with Gasteiger partial charge in [0.05, 0.1) is 18.3 Å². The van der Waals surface area contributed by atoms with E-state index in [4.69, 9.17) is 9.47 Å². The van der Waals surface area contributed by atoms with Crippen LogP contribution in [0.3, 0.4) is 0 Å². The molecule has 6 heteroatoms. The third kappa shape index (κ3) is 3.37. The van der Waals surface area contributed by atoms with Crippen LogP contribution < -0.4 is 9.47 Å². The predicted molar refractivity (Wildman–Crippen MR) is 117 cm³/mol. The van der Waals surface area contributed by atoms with Gasteiger partial charge in [0.25, 0.3) is 0 Å². The maximum atomic E-state index is 13.8. The largest absolute Gasteiger partial charge is 0.507 e. The van der Waals surface area contributed by atoms with E-state index in [0.29, 0.717) is 22.4 Å². The van der Waals surface area contributed by atoms with Gasteiger partial charge in [0.1, 0.15) is 34.2 Å². The zero-order chi connectivity index (χ0) is 22.7. The first-order valence-corrected chi connectivity index (χ1v) is 10.1. The molecule has 162 valence electrons. The normalized spacial score (nSPS) is 20.8. The summed E-state index contributed by atoms with van der Waals surface area (Å²) in [6.45, 7) is 11.3. The number of benzene rings is 2. The molecule has 0 bridgehead atoms.